The van der Waals surface area contributed by atoms with Crippen LogP contribution < -0.4 is 5.32 Å². The molecular weight excluding hydrogens is 460 g/mol. The predicted octanol–water partition coefficient (Wildman–Crippen LogP) is 4.26. The maximum absolute atomic E-state index is 13.0. The molecular formula is C30H36N6O. The van der Waals surface area contributed by atoms with Gasteiger partial charge in [0.1, 0.15) is 0 Å². The number of carbonyl (C=O) groups is 1. The standard InChI is InChI=1S/C30H36N6O/c1-22-9-7-12-26(19-22)28-23(2)33-36-24(3)27(20-32-29(28)36)30(37)31-13-8-14-34-15-17-35(18-16-34)21-25-10-5-4-6-11-25/h4-7,9-12,19-20H,8,13-18,21H2,1-3H3,(H,31,37). The van der Waals surface area contributed by atoms with Crippen molar-refractivity contribution in [3.8, 4) is 11.1 Å². The van der Waals surface area contributed by atoms with E-state index in [4.69, 9.17) is 5.10 Å². The van der Waals surface area contributed by atoms with Gasteiger partial charge in [-0.3, -0.25) is 9.69 Å². The van der Waals surface area contributed by atoms with Crippen LogP contribution in [0, 0.1) is 20.8 Å². The third-order valence-corrected chi connectivity index (χ3v) is 7.26. The van der Waals surface area contributed by atoms with Crippen LogP contribution >= 0.6 is 0 Å². The lowest BCUT2D eigenvalue weighted by atomic mass is 10.0. The number of piperazine rings is 1. The van der Waals surface area contributed by atoms with Crippen LogP contribution in [0.5, 0.6) is 0 Å². The number of carbonyl (C=O) groups excluding carboxylic acids is 1. The van der Waals surface area contributed by atoms with Crippen molar-refractivity contribution < 1.29 is 4.79 Å². The number of nitrogens with zero attached hydrogens (tertiary/aromatic N) is 5. The minimum Gasteiger partial charge on any atom is -0.352 e. The largest absolute Gasteiger partial charge is 0.352 e. The number of nitrogens with one attached hydrogen (secondary N) is 1. The molecule has 0 aliphatic carbocycles. The molecule has 0 radical (unpaired) electrons. The summed E-state index contributed by atoms with van der Waals surface area (Å²) in [4.78, 5) is 22.6. The van der Waals surface area contributed by atoms with Crippen LogP contribution in [0.3, 0.4) is 0 Å². The van der Waals surface area contributed by atoms with Crippen LogP contribution in [-0.2, 0) is 6.54 Å². The summed E-state index contributed by atoms with van der Waals surface area (Å²) in [5.41, 5.74) is 7.74. The zero-order valence-electron chi connectivity index (χ0n) is 22.1. The van der Waals surface area contributed by atoms with Gasteiger partial charge >= 0.3 is 0 Å². The number of rotatable bonds is 8. The normalized spacial score (nSPS) is 14.8. The predicted molar refractivity (Wildman–Crippen MR) is 148 cm³/mol. The van der Waals surface area contributed by atoms with Gasteiger partial charge < -0.3 is 10.2 Å². The fourth-order valence-electron chi connectivity index (χ4n) is 5.18. The van der Waals surface area contributed by atoms with E-state index in [1.165, 1.54) is 11.1 Å². The van der Waals surface area contributed by atoms with Gasteiger partial charge in [-0.15, -0.1) is 0 Å². The maximum atomic E-state index is 13.0. The number of hydrogen-bond acceptors (Lipinski definition) is 5. The highest BCUT2D eigenvalue weighted by atomic mass is 16.1. The molecule has 0 bridgehead atoms. The average Bonchev–Trinajstić information content (AvgIpc) is 3.25. The van der Waals surface area contributed by atoms with Crippen LogP contribution in [-0.4, -0.2) is 69.6 Å². The fourth-order valence-corrected chi connectivity index (χ4v) is 5.18. The maximum Gasteiger partial charge on any atom is 0.254 e. The van der Waals surface area contributed by atoms with E-state index in [9.17, 15) is 4.79 Å². The van der Waals surface area contributed by atoms with E-state index in [1.54, 1.807) is 10.7 Å². The highest BCUT2D eigenvalue weighted by Gasteiger charge is 2.19. The van der Waals surface area contributed by atoms with Crippen molar-refractivity contribution in [3.05, 3.63) is 88.9 Å². The highest BCUT2D eigenvalue weighted by Crippen LogP contribution is 2.28. The Bertz CT molecular complexity index is 1370. The molecule has 4 aromatic rings. The topological polar surface area (TPSA) is 65.8 Å². The van der Waals surface area contributed by atoms with E-state index in [2.05, 4.69) is 75.6 Å². The van der Waals surface area contributed by atoms with E-state index >= 15 is 0 Å². The third-order valence-electron chi connectivity index (χ3n) is 7.26. The summed E-state index contributed by atoms with van der Waals surface area (Å²) in [7, 11) is 0. The Kier molecular flexibility index (Phi) is 7.63. The molecule has 2 aromatic carbocycles. The Balaban J connectivity index is 1.13. The van der Waals surface area contributed by atoms with Gasteiger partial charge in [0.05, 0.1) is 17.0 Å². The molecule has 1 fully saturated rings. The molecule has 3 heterocycles. The lowest BCUT2D eigenvalue weighted by Crippen LogP contribution is -2.46. The number of amides is 1. The molecule has 7 nitrogen and oxygen atoms in total. The van der Waals surface area contributed by atoms with Crippen molar-refractivity contribution in [3.63, 3.8) is 0 Å². The Morgan fingerprint density at radius 3 is 2.46 bits per heavy atom. The van der Waals surface area contributed by atoms with E-state index in [0.717, 1.165) is 73.9 Å². The molecule has 2 aromatic heterocycles. The molecule has 1 amide bonds. The number of aromatic nitrogens is 3. The van der Waals surface area contributed by atoms with Crippen molar-refractivity contribution >= 4 is 11.6 Å². The second-order valence-electron chi connectivity index (χ2n) is 10.0. The van der Waals surface area contributed by atoms with E-state index in [-0.39, 0.29) is 5.91 Å². The van der Waals surface area contributed by atoms with Gasteiger partial charge in [-0.25, -0.2) is 9.50 Å². The number of aryl methyl sites for hydroxylation is 3. The Hall–Kier alpha value is -3.55. The van der Waals surface area contributed by atoms with Crippen molar-refractivity contribution in [2.45, 2.75) is 33.7 Å². The van der Waals surface area contributed by atoms with E-state index in [1.807, 2.05) is 19.9 Å². The molecule has 37 heavy (non-hydrogen) atoms. The molecule has 0 atom stereocenters. The zero-order valence-corrected chi connectivity index (χ0v) is 22.1. The van der Waals surface area contributed by atoms with Crippen molar-refractivity contribution in [2.24, 2.45) is 0 Å². The molecule has 1 N–H and O–H groups in total. The van der Waals surface area contributed by atoms with Crippen LogP contribution in [0.15, 0.2) is 60.8 Å². The van der Waals surface area contributed by atoms with Crippen molar-refractivity contribution in [1.29, 1.82) is 0 Å². The second kappa shape index (κ2) is 11.2. The zero-order chi connectivity index (χ0) is 25.8. The number of hydrogen-bond donors (Lipinski definition) is 1. The summed E-state index contributed by atoms with van der Waals surface area (Å²) in [6, 6.07) is 19.0. The van der Waals surface area contributed by atoms with Crippen molar-refractivity contribution in [1.82, 2.24) is 29.7 Å². The lowest BCUT2D eigenvalue weighted by molar-refractivity contribution is 0.0945. The molecule has 1 aliphatic heterocycles. The molecule has 0 saturated carbocycles. The number of fused-ring (bicyclic) bond motifs is 1. The average molecular weight is 497 g/mol. The monoisotopic (exact) mass is 496 g/mol. The van der Waals surface area contributed by atoms with Gasteiger partial charge in [0.15, 0.2) is 5.65 Å². The van der Waals surface area contributed by atoms with Gasteiger partial charge in [-0.2, -0.15) is 5.10 Å². The molecule has 192 valence electrons. The summed E-state index contributed by atoms with van der Waals surface area (Å²) in [5, 5.41) is 7.80. The molecule has 5 rings (SSSR count). The Morgan fingerprint density at radius 1 is 0.946 bits per heavy atom. The summed E-state index contributed by atoms with van der Waals surface area (Å²) in [6.07, 6.45) is 2.61. The SMILES string of the molecule is Cc1cccc(-c2c(C)nn3c(C)c(C(=O)NCCCN4CCN(Cc5ccccc5)CC4)cnc23)c1. The van der Waals surface area contributed by atoms with Gasteiger partial charge in [0.25, 0.3) is 5.91 Å². The second-order valence-corrected chi connectivity index (χ2v) is 10.0. The summed E-state index contributed by atoms with van der Waals surface area (Å²) in [6.45, 7) is 13.0. The van der Waals surface area contributed by atoms with Crippen LogP contribution in [0.4, 0.5) is 0 Å². The Labute approximate surface area is 219 Å². The lowest BCUT2D eigenvalue weighted by Gasteiger charge is -2.34. The van der Waals surface area contributed by atoms with Gasteiger partial charge in [0, 0.05) is 51.0 Å². The molecule has 0 unspecified atom stereocenters. The summed E-state index contributed by atoms with van der Waals surface area (Å²) in [5.74, 6) is -0.0927. The van der Waals surface area contributed by atoms with E-state index in [0.29, 0.717) is 12.1 Å². The quantitative estimate of drug-likeness (QED) is 0.369. The first kappa shape index (κ1) is 25.1. The molecule has 7 heteroatoms. The molecule has 1 saturated heterocycles. The first-order chi connectivity index (χ1) is 18.0. The molecule has 1 aliphatic rings. The number of benzene rings is 2. The first-order valence-corrected chi connectivity index (χ1v) is 13.2. The smallest absolute Gasteiger partial charge is 0.254 e. The first-order valence-electron chi connectivity index (χ1n) is 13.2. The van der Waals surface area contributed by atoms with Gasteiger partial charge in [-0.1, -0.05) is 60.2 Å². The minimum atomic E-state index is -0.0927. The van der Waals surface area contributed by atoms with Crippen LogP contribution in [0.2, 0.25) is 0 Å². The van der Waals surface area contributed by atoms with Gasteiger partial charge in [0.2, 0.25) is 0 Å². The molecule has 0 spiro atoms. The Morgan fingerprint density at radius 2 is 1.70 bits per heavy atom. The summed E-state index contributed by atoms with van der Waals surface area (Å²) < 4.78 is 1.80. The minimum absolute atomic E-state index is 0.0927. The van der Waals surface area contributed by atoms with Crippen LogP contribution in [0.1, 0.15) is 39.3 Å². The highest BCUT2D eigenvalue weighted by molar-refractivity contribution is 5.95. The fraction of sp³-hybridized carbons (Fsp3) is 0.367. The van der Waals surface area contributed by atoms with Crippen LogP contribution in [0.25, 0.3) is 16.8 Å². The van der Waals surface area contributed by atoms with Crippen molar-refractivity contribution in [2.75, 3.05) is 39.3 Å². The summed E-state index contributed by atoms with van der Waals surface area (Å²) >= 11 is 0. The third kappa shape index (κ3) is 5.73. The van der Waals surface area contributed by atoms with Gasteiger partial charge in [-0.05, 0) is 44.9 Å². The van der Waals surface area contributed by atoms with E-state index < -0.39 is 0 Å².